The highest BCUT2D eigenvalue weighted by atomic mass is 79.9. The fourth-order valence-corrected chi connectivity index (χ4v) is 2.46. The summed E-state index contributed by atoms with van der Waals surface area (Å²) in [6, 6.07) is 9.61. The summed E-state index contributed by atoms with van der Waals surface area (Å²) in [6.07, 6.45) is 1.68. The molecule has 2 aromatic rings. The summed E-state index contributed by atoms with van der Waals surface area (Å²) in [5, 5.41) is 9.24. The first kappa shape index (κ1) is 16.1. The van der Waals surface area contributed by atoms with E-state index in [1.807, 2.05) is 30.1 Å². The summed E-state index contributed by atoms with van der Waals surface area (Å²) < 4.78 is 11.3. The average molecular weight is 362 g/mol. The number of nitriles is 1. The van der Waals surface area contributed by atoms with Crippen molar-refractivity contribution in [1.29, 1.82) is 5.26 Å². The number of nitrogens with zero attached hydrogens (tertiary/aromatic N) is 3. The van der Waals surface area contributed by atoms with Crippen LogP contribution in [0.5, 0.6) is 11.5 Å². The molecule has 2 rings (SSSR count). The second-order valence-corrected chi connectivity index (χ2v) is 5.63. The molecule has 0 fully saturated rings. The highest BCUT2D eigenvalue weighted by Crippen LogP contribution is 2.26. The van der Waals surface area contributed by atoms with E-state index >= 15 is 0 Å². The smallest absolute Gasteiger partial charge is 0.146 e. The second kappa shape index (κ2) is 7.14. The minimum Gasteiger partial charge on any atom is -0.497 e. The van der Waals surface area contributed by atoms with Crippen LogP contribution in [-0.4, -0.2) is 26.3 Å². The molecule has 0 N–H and O–H groups in total. The number of hydrogen-bond donors (Lipinski definition) is 0. The Bertz CT molecular complexity index is 691. The van der Waals surface area contributed by atoms with Gasteiger partial charge in [-0.05, 0) is 39.7 Å². The van der Waals surface area contributed by atoms with Gasteiger partial charge in [0.05, 0.1) is 19.8 Å². The van der Waals surface area contributed by atoms with Gasteiger partial charge in [-0.3, -0.25) is 0 Å². The summed E-state index contributed by atoms with van der Waals surface area (Å²) in [5.74, 6) is 2.09. The summed E-state index contributed by atoms with van der Waals surface area (Å²) in [6.45, 7) is 0.580. The van der Waals surface area contributed by atoms with Gasteiger partial charge < -0.3 is 14.4 Å². The van der Waals surface area contributed by atoms with Crippen molar-refractivity contribution in [3.63, 3.8) is 0 Å². The molecule has 0 saturated heterocycles. The molecule has 0 radical (unpaired) electrons. The lowest BCUT2D eigenvalue weighted by Crippen LogP contribution is -2.19. The van der Waals surface area contributed by atoms with Crippen LogP contribution < -0.4 is 14.4 Å². The predicted octanol–water partition coefficient (Wildman–Crippen LogP) is 3.37. The number of anilines is 1. The number of methoxy groups -OCH3 is 2. The first-order valence-electron chi connectivity index (χ1n) is 6.56. The Labute approximate surface area is 138 Å². The van der Waals surface area contributed by atoms with Gasteiger partial charge >= 0.3 is 0 Å². The van der Waals surface area contributed by atoms with Crippen molar-refractivity contribution in [3.05, 3.63) is 46.1 Å². The van der Waals surface area contributed by atoms with E-state index in [0.717, 1.165) is 21.5 Å². The number of hydrogen-bond acceptors (Lipinski definition) is 5. The van der Waals surface area contributed by atoms with E-state index in [4.69, 9.17) is 9.47 Å². The van der Waals surface area contributed by atoms with E-state index in [9.17, 15) is 5.26 Å². The summed E-state index contributed by atoms with van der Waals surface area (Å²) >= 11 is 3.33. The van der Waals surface area contributed by atoms with Gasteiger partial charge in [-0.1, -0.05) is 0 Å². The zero-order chi connectivity index (χ0) is 16.1. The number of aromatic nitrogens is 1. The summed E-state index contributed by atoms with van der Waals surface area (Å²) in [4.78, 5) is 6.24. The lowest BCUT2D eigenvalue weighted by atomic mass is 10.1. The Morgan fingerprint density at radius 2 is 1.82 bits per heavy atom. The fraction of sp³-hybridized carbons (Fsp3) is 0.250. The zero-order valence-electron chi connectivity index (χ0n) is 12.6. The maximum absolute atomic E-state index is 9.24. The molecule has 1 aromatic heterocycles. The zero-order valence-corrected chi connectivity index (χ0v) is 14.2. The van der Waals surface area contributed by atoms with Gasteiger partial charge in [-0.15, -0.1) is 0 Å². The van der Waals surface area contributed by atoms with E-state index in [1.165, 1.54) is 0 Å². The number of benzene rings is 1. The molecule has 6 heteroatoms. The minimum absolute atomic E-state index is 0.520. The fourth-order valence-electron chi connectivity index (χ4n) is 2.12. The van der Waals surface area contributed by atoms with Crippen molar-refractivity contribution in [2.24, 2.45) is 0 Å². The van der Waals surface area contributed by atoms with Crippen LogP contribution in [0.3, 0.4) is 0 Å². The van der Waals surface area contributed by atoms with Crippen LogP contribution in [0.15, 0.2) is 34.9 Å². The molecule has 0 atom stereocenters. The molecule has 114 valence electrons. The van der Waals surface area contributed by atoms with Crippen LogP contribution in [0, 0.1) is 11.3 Å². The Morgan fingerprint density at radius 1 is 1.18 bits per heavy atom. The maximum Gasteiger partial charge on any atom is 0.146 e. The maximum atomic E-state index is 9.24. The molecular formula is C16H16BrN3O2. The monoisotopic (exact) mass is 361 g/mol. The lowest BCUT2D eigenvalue weighted by molar-refractivity contribution is 0.393. The first-order chi connectivity index (χ1) is 10.6. The molecule has 5 nitrogen and oxygen atoms in total. The van der Waals surface area contributed by atoms with Crippen molar-refractivity contribution < 1.29 is 9.47 Å². The van der Waals surface area contributed by atoms with Gasteiger partial charge in [0.25, 0.3) is 0 Å². The molecule has 22 heavy (non-hydrogen) atoms. The summed E-state index contributed by atoms with van der Waals surface area (Å²) in [5.41, 5.74) is 1.53. The van der Waals surface area contributed by atoms with Crippen LogP contribution in [0.2, 0.25) is 0 Å². The van der Waals surface area contributed by atoms with Crippen LogP contribution in [0.25, 0.3) is 0 Å². The number of rotatable bonds is 5. The average Bonchev–Trinajstić information content (AvgIpc) is 2.53. The number of pyridine rings is 1. The van der Waals surface area contributed by atoms with E-state index in [1.54, 1.807) is 26.5 Å². The molecule has 0 aliphatic rings. The van der Waals surface area contributed by atoms with Crippen LogP contribution >= 0.6 is 15.9 Å². The quantitative estimate of drug-likeness (QED) is 0.816. The van der Waals surface area contributed by atoms with Crippen molar-refractivity contribution in [3.8, 4) is 17.6 Å². The van der Waals surface area contributed by atoms with Crippen molar-refractivity contribution in [2.75, 3.05) is 26.2 Å². The molecular weight excluding hydrogens is 346 g/mol. The Kier molecular flexibility index (Phi) is 5.23. The van der Waals surface area contributed by atoms with Crippen molar-refractivity contribution >= 4 is 21.7 Å². The molecule has 0 unspecified atom stereocenters. The van der Waals surface area contributed by atoms with Crippen LogP contribution in [0.1, 0.15) is 11.1 Å². The van der Waals surface area contributed by atoms with E-state index in [0.29, 0.717) is 17.9 Å². The normalized spacial score (nSPS) is 9.95. The molecule has 0 bridgehead atoms. The van der Waals surface area contributed by atoms with Gasteiger partial charge in [0, 0.05) is 30.3 Å². The lowest BCUT2D eigenvalue weighted by Gasteiger charge is -2.20. The largest absolute Gasteiger partial charge is 0.497 e. The molecule has 1 heterocycles. The topological polar surface area (TPSA) is 58.4 Å². The molecule has 0 aliphatic heterocycles. The van der Waals surface area contributed by atoms with Crippen LogP contribution in [0.4, 0.5) is 5.82 Å². The second-order valence-electron chi connectivity index (χ2n) is 4.71. The third-order valence-corrected chi connectivity index (χ3v) is 3.58. The van der Waals surface area contributed by atoms with Gasteiger partial charge in [0.1, 0.15) is 23.4 Å². The highest BCUT2D eigenvalue weighted by molar-refractivity contribution is 9.10. The Morgan fingerprint density at radius 3 is 2.36 bits per heavy atom. The molecule has 0 aliphatic carbocycles. The Hall–Kier alpha value is -2.26. The van der Waals surface area contributed by atoms with E-state index in [2.05, 4.69) is 27.0 Å². The number of ether oxygens (including phenoxy) is 2. The van der Waals surface area contributed by atoms with Gasteiger partial charge in [0.2, 0.25) is 0 Å². The van der Waals surface area contributed by atoms with Crippen molar-refractivity contribution in [2.45, 2.75) is 6.54 Å². The van der Waals surface area contributed by atoms with Crippen LogP contribution in [-0.2, 0) is 6.54 Å². The molecule has 0 saturated carbocycles. The first-order valence-corrected chi connectivity index (χ1v) is 7.35. The third-order valence-electron chi connectivity index (χ3n) is 3.15. The molecule has 0 amide bonds. The van der Waals surface area contributed by atoms with Gasteiger partial charge in [-0.25, -0.2) is 4.98 Å². The van der Waals surface area contributed by atoms with E-state index < -0.39 is 0 Å². The predicted molar refractivity (Wildman–Crippen MR) is 88.3 cm³/mol. The SMILES string of the molecule is COc1cc(CN(C)c2ncc(Br)cc2C#N)cc(OC)c1. The van der Waals surface area contributed by atoms with Gasteiger partial charge in [-0.2, -0.15) is 5.26 Å². The number of halogens is 1. The molecule has 1 aromatic carbocycles. The van der Waals surface area contributed by atoms with Crippen molar-refractivity contribution in [1.82, 2.24) is 4.98 Å². The van der Waals surface area contributed by atoms with E-state index in [-0.39, 0.29) is 0 Å². The highest BCUT2D eigenvalue weighted by Gasteiger charge is 2.11. The molecule has 0 spiro atoms. The Balaban J connectivity index is 2.29. The third kappa shape index (κ3) is 3.68. The van der Waals surface area contributed by atoms with Gasteiger partial charge in [0.15, 0.2) is 0 Å². The summed E-state index contributed by atoms with van der Waals surface area (Å²) in [7, 11) is 5.13. The standard InChI is InChI=1S/C16H16BrN3O2/c1-20(16-12(8-18)6-13(17)9-19-16)10-11-4-14(21-2)7-15(5-11)22-3/h4-7,9H,10H2,1-3H3. The minimum atomic E-state index is 0.520.